The lowest BCUT2D eigenvalue weighted by Gasteiger charge is -2.27. The van der Waals surface area contributed by atoms with Gasteiger partial charge in [-0.05, 0) is 80.7 Å². The Kier molecular flexibility index (Phi) is 7.85. The first kappa shape index (κ1) is 26.9. The number of hydrogen-bond donors (Lipinski definition) is 4. The minimum Gasteiger partial charge on any atom is -0.444 e. The zero-order chi connectivity index (χ0) is 27.4. The molecule has 1 aliphatic carbocycles. The van der Waals surface area contributed by atoms with Gasteiger partial charge in [-0.15, -0.1) is 0 Å². The number of pyridine rings is 1. The summed E-state index contributed by atoms with van der Waals surface area (Å²) in [5, 5.41) is 10.2. The average molecular weight is 518 g/mol. The molecule has 1 aliphatic rings. The van der Waals surface area contributed by atoms with E-state index in [-0.39, 0.29) is 18.4 Å². The summed E-state index contributed by atoms with van der Waals surface area (Å²) in [6.07, 6.45) is 2.26. The fraction of sp³-hybridized carbons (Fsp3) is 0.379. The Morgan fingerprint density at radius 3 is 2.37 bits per heavy atom. The zero-order valence-corrected chi connectivity index (χ0v) is 22.2. The van der Waals surface area contributed by atoms with Crippen LogP contribution in [-0.2, 0) is 33.7 Å². The molecular weight excluding hydrogens is 482 g/mol. The van der Waals surface area contributed by atoms with Crippen molar-refractivity contribution >= 4 is 34.5 Å². The average Bonchev–Trinajstić information content (AvgIpc) is 3.28. The number of carbonyl (C=O) groups is 3. The fourth-order valence-corrected chi connectivity index (χ4v) is 4.73. The smallest absolute Gasteiger partial charge is 0.408 e. The van der Waals surface area contributed by atoms with Crippen molar-refractivity contribution in [3.05, 3.63) is 71.4 Å². The van der Waals surface area contributed by atoms with Gasteiger partial charge in [0.1, 0.15) is 23.5 Å². The molecule has 38 heavy (non-hydrogen) atoms. The fourth-order valence-electron chi connectivity index (χ4n) is 4.73. The molecule has 1 aromatic heterocycles. The maximum atomic E-state index is 13.4. The molecule has 9 heteroatoms. The van der Waals surface area contributed by atoms with Crippen LogP contribution >= 0.6 is 0 Å². The van der Waals surface area contributed by atoms with Crippen molar-refractivity contribution < 1.29 is 19.1 Å². The van der Waals surface area contributed by atoms with Gasteiger partial charge in [0.25, 0.3) is 0 Å². The van der Waals surface area contributed by atoms with Crippen molar-refractivity contribution in [2.45, 2.75) is 64.8 Å². The van der Waals surface area contributed by atoms with Crippen LogP contribution in [0.2, 0.25) is 0 Å². The molecule has 0 bridgehead atoms. The molecule has 4 rings (SSSR count). The summed E-state index contributed by atoms with van der Waals surface area (Å²) in [6.45, 7) is 7.20. The molecule has 5 N–H and O–H groups in total. The highest BCUT2D eigenvalue weighted by Gasteiger charge is 2.36. The normalized spacial score (nSPS) is 14.8. The molecule has 0 saturated carbocycles. The first-order chi connectivity index (χ1) is 18.0. The van der Waals surface area contributed by atoms with Gasteiger partial charge < -0.3 is 26.4 Å². The SMILES string of the molecule is CC(NC(=O)[C@H](NC(=O)OC(C)(C)C)C1Cc2ccccc2C1)C(=O)NCc1ccc2c(N)nccc2c1. The van der Waals surface area contributed by atoms with Gasteiger partial charge in [-0.3, -0.25) is 9.59 Å². The lowest BCUT2D eigenvalue weighted by atomic mass is 9.95. The lowest BCUT2D eigenvalue weighted by molar-refractivity contribution is -0.130. The number of rotatable bonds is 7. The van der Waals surface area contributed by atoms with Crippen LogP contribution in [0.3, 0.4) is 0 Å². The van der Waals surface area contributed by atoms with Crippen molar-refractivity contribution in [1.29, 1.82) is 0 Å². The van der Waals surface area contributed by atoms with Crippen LogP contribution in [0.1, 0.15) is 44.4 Å². The molecule has 0 fully saturated rings. The second kappa shape index (κ2) is 11.1. The summed E-state index contributed by atoms with van der Waals surface area (Å²) in [6, 6.07) is 13.9. The van der Waals surface area contributed by atoms with Gasteiger partial charge in [-0.2, -0.15) is 0 Å². The van der Waals surface area contributed by atoms with E-state index in [1.165, 1.54) is 0 Å². The largest absolute Gasteiger partial charge is 0.444 e. The molecule has 2 atom stereocenters. The van der Waals surface area contributed by atoms with Gasteiger partial charge in [-0.25, -0.2) is 9.78 Å². The third-order valence-corrected chi connectivity index (χ3v) is 6.59. The number of ether oxygens (including phenoxy) is 1. The highest BCUT2D eigenvalue weighted by Crippen LogP contribution is 2.29. The number of nitrogens with one attached hydrogen (secondary N) is 3. The van der Waals surface area contributed by atoms with Gasteiger partial charge in [0.15, 0.2) is 0 Å². The van der Waals surface area contributed by atoms with E-state index >= 15 is 0 Å². The summed E-state index contributed by atoms with van der Waals surface area (Å²) in [5.41, 5.74) is 8.40. The van der Waals surface area contributed by atoms with Crippen molar-refractivity contribution in [2.75, 3.05) is 5.73 Å². The predicted octanol–water partition coefficient (Wildman–Crippen LogP) is 3.25. The van der Waals surface area contributed by atoms with E-state index in [1.807, 2.05) is 48.5 Å². The van der Waals surface area contributed by atoms with Gasteiger partial charge in [0, 0.05) is 18.1 Å². The molecule has 2 aromatic carbocycles. The Morgan fingerprint density at radius 2 is 1.71 bits per heavy atom. The molecule has 1 unspecified atom stereocenters. The molecule has 3 aromatic rings. The van der Waals surface area contributed by atoms with Crippen LogP contribution in [0.15, 0.2) is 54.7 Å². The summed E-state index contributed by atoms with van der Waals surface area (Å²) in [5.74, 6) is -0.465. The second-order valence-corrected chi connectivity index (χ2v) is 10.8. The monoisotopic (exact) mass is 517 g/mol. The number of benzene rings is 2. The van der Waals surface area contributed by atoms with Crippen LogP contribution < -0.4 is 21.7 Å². The van der Waals surface area contributed by atoms with Crippen LogP contribution in [0.25, 0.3) is 10.8 Å². The molecule has 0 aliphatic heterocycles. The van der Waals surface area contributed by atoms with Crippen LogP contribution in [0.5, 0.6) is 0 Å². The van der Waals surface area contributed by atoms with E-state index in [1.54, 1.807) is 33.9 Å². The number of carbonyl (C=O) groups excluding carboxylic acids is 3. The maximum Gasteiger partial charge on any atom is 0.408 e. The third-order valence-electron chi connectivity index (χ3n) is 6.59. The quantitative estimate of drug-likeness (QED) is 0.380. The van der Waals surface area contributed by atoms with Crippen molar-refractivity contribution in [3.63, 3.8) is 0 Å². The third kappa shape index (κ3) is 6.59. The van der Waals surface area contributed by atoms with Gasteiger partial charge >= 0.3 is 6.09 Å². The highest BCUT2D eigenvalue weighted by molar-refractivity contribution is 5.92. The Labute approximate surface area is 222 Å². The maximum absolute atomic E-state index is 13.4. The number of nitrogens with two attached hydrogens (primary N) is 1. The van der Waals surface area contributed by atoms with Gasteiger partial charge in [0.2, 0.25) is 11.8 Å². The number of nitrogens with zero attached hydrogens (tertiary/aromatic N) is 1. The summed E-state index contributed by atoms with van der Waals surface area (Å²) < 4.78 is 5.41. The van der Waals surface area contributed by atoms with Crippen molar-refractivity contribution in [1.82, 2.24) is 20.9 Å². The molecule has 200 valence electrons. The van der Waals surface area contributed by atoms with E-state index in [0.717, 1.165) is 27.5 Å². The number of alkyl carbamates (subject to hydrolysis) is 1. The molecule has 3 amide bonds. The lowest BCUT2D eigenvalue weighted by Crippen LogP contribution is -2.56. The first-order valence-corrected chi connectivity index (χ1v) is 12.8. The zero-order valence-electron chi connectivity index (χ0n) is 22.2. The molecule has 1 heterocycles. The van der Waals surface area contributed by atoms with E-state index in [0.29, 0.717) is 18.7 Å². The van der Waals surface area contributed by atoms with E-state index in [9.17, 15) is 14.4 Å². The van der Waals surface area contributed by atoms with E-state index < -0.39 is 29.7 Å². The Balaban J connectivity index is 1.39. The predicted molar refractivity (Wildman–Crippen MR) is 146 cm³/mol. The van der Waals surface area contributed by atoms with Gasteiger partial charge in [0.05, 0.1) is 0 Å². The summed E-state index contributed by atoms with van der Waals surface area (Å²) in [4.78, 5) is 42.9. The van der Waals surface area contributed by atoms with Crippen LogP contribution in [0.4, 0.5) is 10.6 Å². The van der Waals surface area contributed by atoms with Crippen LogP contribution in [0, 0.1) is 5.92 Å². The minimum atomic E-state index is -0.855. The number of amides is 3. The highest BCUT2D eigenvalue weighted by atomic mass is 16.6. The number of anilines is 1. The first-order valence-electron chi connectivity index (χ1n) is 12.8. The molecule has 0 radical (unpaired) electrons. The molecule has 0 saturated heterocycles. The van der Waals surface area contributed by atoms with E-state index in [2.05, 4.69) is 20.9 Å². The summed E-state index contributed by atoms with van der Waals surface area (Å²) in [7, 11) is 0. The summed E-state index contributed by atoms with van der Waals surface area (Å²) >= 11 is 0. The topological polar surface area (TPSA) is 135 Å². The van der Waals surface area contributed by atoms with E-state index in [4.69, 9.17) is 10.5 Å². The number of nitrogen functional groups attached to an aromatic ring is 1. The van der Waals surface area contributed by atoms with Gasteiger partial charge in [-0.1, -0.05) is 36.4 Å². The molecule has 9 nitrogen and oxygen atoms in total. The van der Waals surface area contributed by atoms with Crippen molar-refractivity contribution in [3.8, 4) is 0 Å². The number of aromatic nitrogens is 1. The standard InChI is InChI=1S/C29H35N5O4/c1-17(26(35)32-16-18-9-10-23-21(13-18)11-12-31-25(23)30)33-27(36)24(34-28(37)38-29(2,3)4)22-14-19-7-5-6-8-20(19)15-22/h5-13,17,22,24H,14-16H2,1-4H3,(H2,30,31)(H,32,35)(H,33,36)(H,34,37)/t17?,24-/m1/s1. The van der Waals surface area contributed by atoms with Crippen molar-refractivity contribution in [2.24, 2.45) is 5.92 Å². The number of fused-ring (bicyclic) bond motifs is 2. The Hall–Kier alpha value is -4.14. The minimum absolute atomic E-state index is 0.158. The van der Waals surface area contributed by atoms with Crippen LogP contribution in [-0.4, -0.2) is 40.6 Å². The second-order valence-electron chi connectivity index (χ2n) is 10.8. The Bertz CT molecular complexity index is 1330. The Morgan fingerprint density at radius 1 is 1.03 bits per heavy atom. The molecule has 0 spiro atoms. The molecular formula is C29H35N5O4. The number of hydrogen-bond acceptors (Lipinski definition) is 6.